The van der Waals surface area contributed by atoms with Gasteiger partial charge in [-0.3, -0.25) is 19.9 Å². The van der Waals surface area contributed by atoms with Crippen molar-refractivity contribution in [2.45, 2.75) is 26.7 Å². The number of nitrogens with one attached hydrogen (secondary N) is 2. The molecule has 0 aliphatic carbocycles. The molecule has 2 N–H and O–H groups in total. The number of aromatic nitrogens is 2. The zero-order chi connectivity index (χ0) is 19.6. The lowest BCUT2D eigenvalue weighted by molar-refractivity contribution is -0.112. The summed E-state index contributed by atoms with van der Waals surface area (Å²) in [7, 11) is 1.61. The van der Waals surface area contributed by atoms with Crippen LogP contribution in [-0.2, 0) is 4.79 Å². The minimum absolute atomic E-state index is 0.0171. The molecule has 1 aromatic rings. The van der Waals surface area contributed by atoms with Crippen molar-refractivity contribution in [3.05, 3.63) is 29.6 Å². The Labute approximate surface area is 159 Å². The molecule has 2 rings (SSSR count). The summed E-state index contributed by atoms with van der Waals surface area (Å²) in [5.74, 6) is 0.384. The van der Waals surface area contributed by atoms with Crippen molar-refractivity contribution in [3.63, 3.8) is 0 Å². The van der Waals surface area contributed by atoms with Gasteiger partial charge in [0.15, 0.2) is 0 Å². The van der Waals surface area contributed by atoms with E-state index in [0.29, 0.717) is 29.3 Å². The molecule has 8 heteroatoms. The molecule has 1 atom stereocenters. The molecule has 0 spiro atoms. The van der Waals surface area contributed by atoms with E-state index < -0.39 is 0 Å². The average molecular weight is 367 g/mol. The van der Waals surface area contributed by atoms with E-state index in [9.17, 15) is 10.1 Å². The van der Waals surface area contributed by atoms with Crippen LogP contribution in [0.2, 0.25) is 0 Å². The minimum atomic E-state index is -0.313. The largest absolute Gasteiger partial charge is 0.354 e. The van der Waals surface area contributed by atoms with Gasteiger partial charge in [0.2, 0.25) is 0 Å². The Hall–Kier alpha value is -3.21. The SMILES string of the molecule is C\C=C/C=N\C(C)=C(\C=NC)C(=O)Nc1cn[nH]c1N1CCCC(C#N)C1. The molecule has 1 saturated heterocycles. The number of carbonyl (C=O) groups excluding carboxylic acids is 1. The second kappa shape index (κ2) is 10.1. The van der Waals surface area contributed by atoms with Crippen molar-refractivity contribution in [3.8, 4) is 6.07 Å². The molecule has 2 heterocycles. The van der Waals surface area contributed by atoms with Gasteiger partial charge < -0.3 is 10.2 Å². The minimum Gasteiger partial charge on any atom is -0.354 e. The molecule has 1 unspecified atom stereocenters. The smallest absolute Gasteiger partial charge is 0.259 e. The van der Waals surface area contributed by atoms with E-state index in [4.69, 9.17) is 0 Å². The lowest BCUT2D eigenvalue weighted by atomic mass is 10.00. The van der Waals surface area contributed by atoms with Crippen molar-refractivity contribution >= 4 is 29.8 Å². The standard InChI is InChI=1S/C19H25N7O/c1-4-5-8-22-14(2)16(11-21-3)19(27)24-17-12-23-25-18(17)26-9-6-7-15(10-20)13-26/h4-5,8,11-12,15H,6-7,9,13H2,1-3H3,(H,23,25)(H,24,27)/b5-4-,16-14-,21-11?,22-8-. The number of aromatic amines is 1. The monoisotopic (exact) mass is 367 g/mol. The van der Waals surface area contributed by atoms with Crippen molar-refractivity contribution in [2.24, 2.45) is 15.9 Å². The van der Waals surface area contributed by atoms with Crippen LogP contribution < -0.4 is 10.2 Å². The maximum Gasteiger partial charge on any atom is 0.259 e. The molecule has 1 aliphatic heterocycles. The molecule has 27 heavy (non-hydrogen) atoms. The fourth-order valence-corrected chi connectivity index (χ4v) is 2.84. The number of amides is 1. The third kappa shape index (κ3) is 5.38. The zero-order valence-electron chi connectivity index (χ0n) is 15.9. The highest BCUT2D eigenvalue weighted by atomic mass is 16.1. The number of anilines is 2. The second-order valence-corrected chi connectivity index (χ2v) is 6.19. The van der Waals surface area contributed by atoms with Crippen LogP contribution in [0.4, 0.5) is 11.5 Å². The van der Waals surface area contributed by atoms with Gasteiger partial charge >= 0.3 is 0 Å². The van der Waals surface area contributed by atoms with Crippen LogP contribution in [0.3, 0.4) is 0 Å². The fraction of sp³-hybridized carbons (Fsp3) is 0.421. The van der Waals surface area contributed by atoms with Crippen LogP contribution >= 0.6 is 0 Å². The fourth-order valence-electron chi connectivity index (χ4n) is 2.84. The number of hydrogen-bond donors (Lipinski definition) is 2. The highest BCUT2D eigenvalue weighted by Gasteiger charge is 2.24. The van der Waals surface area contributed by atoms with Crippen molar-refractivity contribution in [1.82, 2.24) is 10.2 Å². The first-order chi connectivity index (χ1) is 13.1. The van der Waals surface area contributed by atoms with Gasteiger partial charge in [-0.1, -0.05) is 6.08 Å². The Kier molecular flexibility index (Phi) is 7.49. The van der Waals surface area contributed by atoms with Gasteiger partial charge in [-0.2, -0.15) is 10.4 Å². The van der Waals surface area contributed by atoms with Gasteiger partial charge in [0.1, 0.15) is 11.5 Å². The van der Waals surface area contributed by atoms with Crippen LogP contribution in [0.5, 0.6) is 0 Å². The first kappa shape index (κ1) is 20.1. The molecule has 8 nitrogen and oxygen atoms in total. The number of hydrogen-bond acceptors (Lipinski definition) is 6. The lowest BCUT2D eigenvalue weighted by Gasteiger charge is -2.30. The van der Waals surface area contributed by atoms with Crippen molar-refractivity contribution in [2.75, 3.05) is 30.4 Å². The number of piperidine rings is 1. The van der Waals surface area contributed by atoms with Gasteiger partial charge in [-0.15, -0.1) is 0 Å². The maximum atomic E-state index is 12.8. The van der Waals surface area contributed by atoms with Gasteiger partial charge in [0.05, 0.1) is 29.5 Å². The number of nitriles is 1. The Morgan fingerprint density at radius 3 is 3.07 bits per heavy atom. The Morgan fingerprint density at radius 2 is 2.37 bits per heavy atom. The van der Waals surface area contributed by atoms with E-state index in [2.05, 4.69) is 31.6 Å². The van der Waals surface area contributed by atoms with E-state index in [1.807, 2.05) is 17.9 Å². The average Bonchev–Trinajstić information content (AvgIpc) is 3.14. The van der Waals surface area contributed by atoms with E-state index in [-0.39, 0.29) is 11.8 Å². The first-order valence-corrected chi connectivity index (χ1v) is 8.88. The molecule has 142 valence electrons. The van der Waals surface area contributed by atoms with Crippen LogP contribution in [0.15, 0.2) is 39.6 Å². The van der Waals surface area contributed by atoms with E-state index in [0.717, 1.165) is 19.4 Å². The third-order valence-corrected chi connectivity index (χ3v) is 4.23. The number of carbonyl (C=O) groups is 1. The molecule has 0 aromatic carbocycles. The predicted octanol–water partition coefficient (Wildman–Crippen LogP) is 2.71. The summed E-state index contributed by atoms with van der Waals surface area (Å²) in [6.07, 6.45) is 10.2. The van der Waals surface area contributed by atoms with Gasteiger partial charge in [0, 0.05) is 32.6 Å². The van der Waals surface area contributed by atoms with Gasteiger partial charge in [0.25, 0.3) is 5.91 Å². The third-order valence-electron chi connectivity index (χ3n) is 4.23. The molecule has 0 radical (unpaired) electrons. The Morgan fingerprint density at radius 1 is 1.56 bits per heavy atom. The van der Waals surface area contributed by atoms with Crippen LogP contribution in [0, 0.1) is 17.2 Å². The summed E-state index contributed by atoms with van der Waals surface area (Å²) in [5.41, 5.74) is 1.51. The number of allylic oxidation sites excluding steroid dienone is 3. The molecule has 1 amide bonds. The van der Waals surface area contributed by atoms with E-state index >= 15 is 0 Å². The topological polar surface area (TPSA) is 110 Å². The normalized spacial score (nSPS) is 18.9. The summed E-state index contributed by atoms with van der Waals surface area (Å²) in [6, 6.07) is 2.32. The summed E-state index contributed by atoms with van der Waals surface area (Å²) in [4.78, 5) is 23.0. The summed E-state index contributed by atoms with van der Waals surface area (Å²) >= 11 is 0. The highest BCUT2D eigenvalue weighted by molar-refractivity contribution is 6.18. The van der Waals surface area contributed by atoms with Crippen LogP contribution in [0.1, 0.15) is 26.7 Å². The maximum absolute atomic E-state index is 12.8. The molecular weight excluding hydrogens is 342 g/mol. The number of aliphatic imine (C=N–C) groups is 2. The molecule has 0 bridgehead atoms. The molecule has 1 aliphatic rings. The highest BCUT2D eigenvalue weighted by Crippen LogP contribution is 2.27. The zero-order valence-corrected chi connectivity index (χ0v) is 15.9. The second-order valence-electron chi connectivity index (χ2n) is 6.19. The Bertz CT molecular complexity index is 810. The van der Waals surface area contributed by atoms with E-state index in [1.54, 1.807) is 32.5 Å². The van der Waals surface area contributed by atoms with Crippen molar-refractivity contribution < 1.29 is 4.79 Å². The summed E-state index contributed by atoms with van der Waals surface area (Å²) < 4.78 is 0. The van der Waals surface area contributed by atoms with Gasteiger partial charge in [-0.05, 0) is 32.8 Å². The van der Waals surface area contributed by atoms with E-state index in [1.165, 1.54) is 6.21 Å². The van der Waals surface area contributed by atoms with Crippen LogP contribution in [-0.4, -0.2) is 48.7 Å². The molecule has 0 saturated carbocycles. The first-order valence-electron chi connectivity index (χ1n) is 8.88. The molecular formula is C19H25N7O. The number of rotatable bonds is 6. The van der Waals surface area contributed by atoms with Crippen molar-refractivity contribution in [1.29, 1.82) is 5.26 Å². The number of H-pyrrole nitrogens is 1. The summed E-state index contributed by atoms with van der Waals surface area (Å²) in [6.45, 7) is 5.08. The quantitative estimate of drug-likeness (QED) is 0.595. The lowest BCUT2D eigenvalue weighted by Crippen LogP contribution is -2.35. The molecule has 1 fully saturated rings. The molecule has 1 aromatic heterocycles. The van der Waals surface area contributed by atoms with Crippen LogP contribution in [0.25, 0.3) is 0 Å². The number of nitrogens with zero attached hydrogens (tertiary/aromatic N) is 5. The van der Waals surface area contributed by atoms with Gasteiger partial charge in [-0.25, -0.2) is 0 Å². The summed E-state index contributed by atoms with van der Waals surface area (Å²) in [5, 5.41) is 19.1. The predicted molar refractivity (Wildman–Crippen MR) is 108 cm³/mol. The Balaban J connectivity index is 2.21.